The van der Waals surface area contributed by atoms with Crippen molar-refractivity contribution in [2.24, 2.45) is 0 Å². The van der Waals surface area contributed by atoms with E-state index in [0.717, 1.165) is 22.6 Å². The molecule has 0 atom stereocenters. The van der Waals surface area contributed by atoms with Crippen molar-refractivity contribution < 1.29 is 18.9 Å². The van der Waals surface area contributed by atoms with Crippen LogP contribution in [0.15, 0.2) is 36.4 Å². The Labute approximate surface area is 165 Å². The van der Waals surface area contributed by atoms with Crippen molar-refractivity contribution in [1.29, 1.82) is 0 Å². The van der Waals surface area contributed by atoms with Crippen LogP contribution in [0.3, 0.4) is 0 Å². The van der Waals surface area contributed by atoms with Crippen molar-refractivity contribution in [3.8, 4) is 11.5 Å². The average Bonchev–Trinajstić information content (AvgIpc) is 2.60. The number of hydrogen-bond donors (Lipinski definition) is 0. The van der Waals surface area contributed by atoms with Crippen molar-refractivity contribution in [2.75, 3.05) is 27.8 Å². The van der Waals surface area contributed by atoms with Crippen molar-refractivity contribution in [3.63, 3.8) is 0 Å². The second-order valence-corrected chi connectivity index (χ2v) is 18.8. The standard InChI is InChI=1S/C21H31O4PSi/c1-16-10-8-12-18(20(16)24-14-22-3)26(27(5,6)7)19-13-9-11-17(2)21(19)25-15-23-4/h8-13H,14-15H2,1-7H3. The molecule has 2 rings (SSSR count). The predicted octanol–water partition coefficient (Wildman–Crippen LogP) is 4.54. The van der Waals surface area contributed by atoms with E-state index in [1.165, 1.54) is 10.6 Å². The molecule has 0 aliphatic carbocycles. The van der Waals surface area contributed by atoms with Crippen LogP contribution < -0.4 is 20.1 Å². The molecule has 0 aliphatic heterocycles. The van der Waals surface area contributed by atoms with Crippen molar-refractivity contribution in [1.82, 2.24) is 0 Å². The summed E-state index contributed by atoms with van der Waals surface area (Å²) in [6.45, 7) is 11.9. The van der Waals surface area contributed by atoms with Crippen molar-refractivity contribution in [2.45, 2.75) is 33.5 Å². The molecule has 0 heterocycles. The number of para-hydroxylation sites is 2. The molecule has 0 fully saturated rings. The van der Waals surface area contributed by atoms with E-state index in [2.05, 4.69) is 69.9 Å². The molecule has 0 N–H and O–H groups in total. The Balaban J connectivity index is 2.66. The maximum absolute atomic E-state index is 6.02. The number of ether oxygens (including phenoxy) is 4. The van der Waals surface area contributed by atoms with Gasteiger partial charge in [-0.1, -0.05) is 63.5 Å². The molecule has 0 amide bonds. The molecule has 0 aliphatic rings. The molecule has 0 spiro atoms. The summed E-state index contributed by atoms with van der Waals surface area (Å²) < 4.78 is 22.4. The van der Waals surface area contributed by atoms with Gasteiger partial charge < -0.3 is 18.9 Å². The molecule has 0 bridgehead atoms. The van der Waals surface area contributed by atoms with Crippen LogP contribution in [0, 0.1) is 13.8 Å². The third kappa shape index (κ3) is 5.32. The highest BCUT2D eigenvalue weighted by atomic mass is 31.4. The first-order valence-corrected chi connectivity index (χ1v) is 14.7. The molecule has 0 radical (unpaired) electrons. The summed E-state index contributed by atoms with van der Waals surface area (Å²) in [5.74, 6) is 1.87. The van der Waals surface area contributed by atoms with Gasteiger partial charge in [0.05, 0.1) is 7.74 Å². The topological polar surface area (TPSA) is 36.9 Å². The Kier molecular flexibility index (Phi) is 7.87. The van der Waals surface area contributed by atoms with Gasteiger partial charge in [0, 0.05) is 24.8 Å². The second-order valence-electron chi connectivity index (χ2n) is 7.45. The highest BCUT2D eigenvalue weighted by Gasteiger charge is 2.34. The van der Waals surface area contributed by atoms with Gasteiger partial charge in [0.25, 0.3) is 0 Å². The Hall–Kier alpha value is -1.39. The Bertz CT molecular complexity index is 701. The molecule has 0 saturated carbocycles. The normalized spacial score (nSPS) is 11.7. The number of benzene rings is 2. The second kappa shape index (κ2) is 9.70. The molecule has 0 aromatic heterocycles. The summed E-state index contributed by atoms with van der Waals surface area (Å²) in [5.41, 5.74) is 2.25. The first kappa shape index (κ1) is 21.9. The van der Waals surface area contributed by atoms with Crippen LogP contribution in [-0.2, 0) is 9.47 Å². The van der Waals surface area contributed by atoms with E-state index >= 15 is 0 Å². The number of methoxy groups -OCH3 is 2. The Morgan fingerprint density at radius 3 is 1.48 bits per heavy atom. The minimum atomic E-state index is -1.63. The molecule has 2 aromatic rings. The molecule has 0 unspecified atom stereocenters. The fraction of sp³-hybridized carbons (Fsp3) is 0.429. The van der Waals surface area contributed by atoms with E-state index in [1.807, 2.05) is 0 Å². The smallest absolute Gasteiger partial charge is 0.188 e. The van der Waals surface area contributed by atoms with Gasteiger partial charge in [-0.25, -0.2) is 0 Å². The Morgan fingerprint density at radius 2 is 1.15 bits per heavy atom. The monoisotopic (exact) mass is 406 g/mol. The molecular weight excluding hydrogens is 375 g/mol. The molecule has 6 heteroatoms. The first-order valence-electron chi connectivity index (χ1n) is 9.04. The van der Waals surface area contributed by atoms with Gasteiger partial charge in [-0.15, -0.1) is 0 Å². The molecule has 148 valence electrons. The molecule has 27 heavy (non-hydrogen) atoms. The zero-order valence-corrected chi connectivity index (χ0v) is 19.4. The van der Waals surface area contributed by atoms with Gasteiger partial charge in [-0.05, 0) is 25.0 Å². The quantitative estimate of drug-likeness (QED) is 0.348. The molecular formula is C21H31O4PSi. The largest absolute Gasteiger partial charge is 0.467 e. The third-order valence-corrected chi connectivity index (χ3v) is 12.7. The van der Waals surface area contributed by atoms with Crippen LogP contribution in [0.4, 0.5) is 0 Å². The van der Waals surface area contributed by atoms with Crippen LogP contribution in [-0.4, -0.2) is 35.5 Å². The predicted molar refractivity (Wildman–Crippen MR) is 117 cm³/mol. The fourth-order valence-electron chi connectivity index (χ4n) is 3.09. The van der Waals surface area contributed by atoms with Gasteiger partial charge >= 0.3 is 0 Å². The lowest BCUT2D eigenvalue weighted by Gasteiger charge is -2.33. The number of hydrogen-bond acceptors (Lipinski definition) is 4. The molecule has 4 nitrogen and oxygen atoms in total. The maximum atomic E-state index is 6.02. The van der Waals surface area contributed by atoms with E-state index in [9.17, 15) is 0 Å². The lowest BCUT2D eigenvalue weighted by Crippen LogP contribution is -2.32. The molecule has 0 saturated heterocycles. The van der Waals surface area contributed by atoms with Gasteiger partial charge in [-0.3, -0.25) is 0 Å². The third-order valence-electron chi connectivity index (χ3n) is 4.18. The summed E-state index contributed by atoms with van der Waals surface area (Å²) in [6, 6.07) is 12.8. The van der Waals surface area contributed by atoms with Gasteiger partial charge in [0.2, 0.25) is 0 Å². The zero-order chi connectivity index (χ0) is 20.0. The van der Waals surface area contributed by atoms with Crippen molar-refractivity contribution in [3.05, 3.63) is 47.5 Å². The fourth-order valence-corrected chi connectivity index (χ4v) is 11.5. The van der Waals surface area contributed by atoms with Crippen LogP contribution in [0.2, 0.25) is 19.6 Å². The lowest BCUT2D eigenvalue weighted by atomic mass is 10.2. The minimum Gasteiger partial charge on any atom is -0.467 e. The first-order chi connectivity index (χ1) is 12.8. The Morgan fingerprint density at radius 1 is 0.741 bits per heavy atom. The van der Waals surface area contributed by atoms with Gasteiger partial charge in [0.1, 0.15) is 11.5 Å². The number of aryl methyl sites for hydroxylation is 2. The lowest BCUT2D eigenvalue weighted by molar-refractivity contribution is 0.0514. The highest BCUT2D eigenvalue weighted by molar-refractivity contribution is 8.04. The summed E-state index contributed by atoms with van der Waals surface area (Å²) in [4.78, 5) is 0. The van der Waals surface area contributed by atoms with E-state index in [1.54, 1.807) is 14.2 Å². The molecule has 2 aromatic carbocycles. The summed E-state index contributed by atoms with van der Waals surface area (Å²) in [7, 11) is 1.05. The summed E-state index contributed by atoms with van der Waals surface area (Å²) in [5, 5.41) is 2.52. The van der Waals surface area contributed by atoms with E-state index < -0.39 is 15.2 Å². The van der Waals surface area contributed by atoms with Gasteiger partial charge in [0.15, 0.2) is 13.6 Å². The number of rotatable bonds is 9. The van der Waals surface area contributed by atoms with Crippen molar-refractivity contribution >= 4 is 25.8 Å². The maximum Gasteiger partial charge on any atom is 0.188 e. The van der Waals surface area contributed by atoms with E-state index in [4.69, 9.17) is 18.9 Å². The summed E-state index contributed by atoms with van der Waals surface area (Å²) >= 11 is 0. The summed E-state index contributed by atoms with van der Waals surface area (Å²) in [6.07, 6.45) is 0. The van der Waals surface area contributed by atoms with E-state index in [-0.39, 0.29) is 13.6 Å². The SMILES string of the molecule is COCOc1c(C)cccc1P(c1cccc(C)c1OCOC)[Si](C)(C)C. The van der Waals surface area contributed by atoms with Crippen LogP contribution in [0.25, 0.3) is 0 Å². The van der Waals surface area contributed by atoms with E-state index in [0.29, 0.717) is 0 Å². The van der Waals surface area contributed by atoms with Crippen LogP contribution >= 0.6 is 7.47 Å². The van der Waals surface area contributed by atoms with Crippen LogP contribution in [0.1, 0.15) is 11.1 Å². The zero-order valence-electron chi connectivity index (χ0n) is 17.5. The van der Waals surface area contributed by atoms with Gasteiger partial charge in [-0.2, -0.15) is 0 Å². The highest BCUT2D eigenvalue weighted by Crippen LogP contribution is 2.49. The van der Waals surface area contributed by atoms with Crippen LogP contribution in [0.5, 0.6) is 11.5 Å². The average molecular weight is 407 g/mol. The minimum absolute atomic E-state index is 0.244.